The minimum absolute atomic E-state index is 0.253. The second-order valence-electron chi connectivity index (χ2n) is 4.06. The number of aliphatic hydroxyl groups is 1. The Hall–Kier alpha value is -2.29. The molecule has 1 aromatic heterocycles. The normalized spacial score (nSPS) is 9.62. The number of hydrogen-bond donors (Lipinski definition) is 2. The molecule has 2 aromatic rings. The van der Waals surface area contributed by atoms with Gasteiger partial charge in [0.1, 0.15) is 6.61 Å². The van der Waals surface area contributed by atoms with Gasteiger partial charge in [-0.25, -0.2) is 0 Å². The molecule has 0 saturated heterocycles. The highest BCUT2D eigenvalue weighted by molar-refractivity contribution is 7.98. The van der Waals surface area contributed by atoms with E-state index >= 15 is 0 Å². The summed E-state index contributed by atoms with van der Waals surface area (Å²) in [6.07, 6.45) is 5.04. The quantitative estimate of drug-likeness (QED) is 0.675. The molecule has 0 fully saturated rings. The van der Waals surface area contributed by atoms with Crippen LogP contribution in [0.1, 0.15) is 15.9 Å². The van der Waals surface area contributed by atoms with Crippen LogP contribution < -0.4 is 5.32 Å². The Morgan fingerprint density at radius 1 is 1.33 bits per heavy atom. The Balaban J connectivity index is 2.19. The Morgan fingerprint density at radius 3 is 2.76 bits per heavy atom. The molecule has 0 aliphatic heterocycles. The summed E-state index contributed by atoms with van der Waals surface area (Å²) < 4.78 is 0. The van der Waals surface area contributed by atoms with Crippen molar-refractivity contribution in [3.05, 3.63) is 53.9 Å². The molecule has 0 atom stereocenters. The molecule has 106 valence electrons. The Kier molecular flexibility index (Phi) is 5.38. The number of aromatic nitrogens is 1. The van der Waals surface area contributed by atoms with Crippen molar-refractivity contribution in [3.63, 3.8) is 0 Å². The van der Waals surface area contributed by atoms with E-state index < -0.39 is 0 Å². The fraction of sp³-hybridized carbons (Fsp3) is 0.125. The van der Waals surface area contributed by atoms with Crippen molar-refractivity contribution in [1.29, 1.82) is 0 Å². The predicted molar refractivity (Wildman–Crippen MR) is 84.4 cm³/mol. The highest BCUT2D eigenvalue weighted by Crippen LogP contribution is 2.18. The highest BCUT2D eigenvalue weighted by atomic mass is 32.2. The van der Waals surface area contributed by atoms with Crippen LogP contribution in [-0.4, -0.2) is 28.9 Å². The smallest absolute Gasteiger partial charge is 0.257 e. The molecule has 1 aromatic carbocycles. The third kappa shape index (κ3) is 4.09. The summed E-state index contributed by atoms with van der Waals surface area (Å²) in [4.78, 5) is 17.4. The minimum Gasteiger partial charge on any atom is -0.384 e. The van der Waals surface area contributed by atoms with Gasteiger partial charge in [-0.3, -0.25) is 9.78 Å². The van der Waals surface area contributed by atoms with Crippen molar-refractivity contribution in [1.82, 2.24) is 4.98 Å². The number of carbonyl (C=O) groups excluding carboxylic acids is 1. The van der Waals surface area contributed by atoms with Crippen LogP contribution in [0.5, 0.6) is 0 Å². The van der Waals surface area contributed by atoms with Crippen LogP contribution in [0, 0.1) is 11.8 Å². The second-order valence-corrected chi connectivity index (χ2v) is 4.94. The fourth-order valence-corrected chi connectivity index (χ4v) is 2.11. The maximum Gasteiger partial charge on any atom is 0.257 e. The molecule has 4 nitrogen and oxygen atoms in total. The zero-order valence-corrected chi connectivity index (χ0v) is 12.3. The van der Waals surface area contributed by atoms with Crippen LogP contribution in [0.4, 0.5) is 5.69 Å². The summed E-state index contributed by atoms with van der Waals surface area (Å²) in [5.74, 6) is 4.99. The van der Waals surface area contributed by atoms with E-state index in [1.807, 2.05) is 30.5 Å². The number of amides is 1. The summed E-state index contributed by atoms with van der Waals surface area (Å²) >= 11 is 1.64. The second kappa shape index (κ2) is 7.48. The standard InChI is InChI=1S/C16H14N2O2S/c1-21-14-6-4-13(5-7-14)18-16(20)15-8-9-17-11-12(15)3-2-10-19/h4-9,11,19H,10H2,1H3,(H,18,20). The molecule has 2 N–H and O–H groups in total. The third-order valence-corrected chi connectivity index (χ3v) is 3.46. The number of rotatable bonds is 3. The molecule has 0 bridgehead atoms. The summed E-state index contributed by atoms with van der Waals surface area (Å²) in [7, 11) is 0. The van der Waals surface area contributed by atoms with Gasteiger partial charge in [-0.1, -0.05) is 11.8 Å². The number of anilines is 1. The first-order chi connectivity index (χ1) is 10.2. The average molecular weight is 298 g/mol. The van der Waals surface area contributed by atoms with E-state index in [-0.39, 0.29) is 12.5 Å². The predicted octanol–water partition coefficient (Wildman–Crippen LogP) is 2.40. The van der Waals surface area contributed by atoms with Gasteiger partial charge >= 0.3 is 0 Å². The van der Waals surface area contributed by atoms with Crippen molar-refractivity contribution >= 4 is 23.4 Å². The first kappa shape index (κ1) is 15.1. The van der Waals surface area contributed by atoms with Crippen molar-refractivity contribution in [2.45, 2.75) is 4.90 Å². The van der Waals surface area contributed by atoms with Gasteiger partial charge in [-0.2, -0.15) is 0 Å². The Morgan fingerprint density at radius 2 is 2.10 bits per heavy atom. The molecule has 21 heavy (non-hydrogen) atoms. The molecule has 2 rings (SSSR count). The molecule has 1 amide bonds. The monoisotopic (exact) mass is 298 g/mol. The number of pyridine rings is 1. The lowest BCUT2D eigenvalue weighted by Crippen LogP contribution is -2.13. The number of aliphatic hydroxyl groups excluding tert-OH is 1. The van der Waals surface area contributed by atoms with Crippen LogP contribution in [-0.2, 0) is 0 Å². The van der Waals surface area contributed by atoms with Crippen molar-refractivity contribution < 1.29 is 9.90 Å². The fourth-order valence-electron chi connectivity index (χ4n) is 1.70. The molecule has 0 radical (unpaired) electrons. The molecule has 1 heterocycles. The largest absolute Gasteiger partial charge is 0.384 e. The zero-order chi connectivity index (χ0) is 15.1. The number of thioether (sulfide) groups is 1. The zero-order valence-electron chi connectivity index (χ0n) is 11.5. The van der Waals surface area contributed by atoms with E-state index in [0.29, 0.717) is 11.1 Å². The van der Waals surface area contributed by atoms with Gasteiger partial charge in [-0.15, -0.1) is 11.8 Å². The van der Waals surface area contributed by atoms with E-state index in [4.69, 9.17) is 5.11 Å². The Labute approximate surface area is 127 Å². The first-order valence-electron chi connectivity index (χ1n) is 6.23. The Bertz CT molecular complexity index is 687. The van der Waals surface area contributed by atoms with Gasteiger partial charge in [0, 0.05) is 23.0 Å². The number of carbonyl (C=O) groups is 1. The van der Waals surface area contributed by atoms with Crippen molar-refractivity contribution in [3.8, 4) is 11.8 Å². The molecule has 5 heteroatoms. The van der Waals surface area contributed by atoms with Gasteiger partial charge in [0.2, 0.25) is 0 Å². The van der Waals surface area contributed by atoms with Crippen molar-refractivity contribution in [2.75, 3.05) is 18.2 Å². The van der Waals surface area contributed by atoms with Gasteiger partial charge in [0.25, 0.3) is 5.91 Å². The lowest BCUT2D eigenvalue weighted by molar-refractivity contribution is 0.102. The van der Waals surface area contributed by atoms with E-state index in [1.54, 1.807) is 17.8 Å². The number of nitrogens with zero attached hydrogens (tertiary/aromatic N) is 1. The maximum absolute atomic E-state index is 12.3. The van der Waals surface area contributed by atoms with Crippen LogP contribution >= 0.6 is 11.8 Å². The van der Waals surface area contributed by atoms with Gasteiger partial charge in [-0.05, 0) is 36.6 Å². The minimum atomic E-state index is -0.258. The van der Waals surface area contributed by atoms with Crippen LogP contribution in [0.3, 0.4) is 0 Å². The SMILES string of the molecule is CSc1ccc(NC(=O)c2ccncc2C#CCO)cc1. The summed E-state index contributed by atoms with van der Waals surface area (Å²) in [5, 5.41) is 11.6. The number of benzene rings is 1. The molecule has 0 saturated carbocycles. The first-order valence-corrected chi connectivity index (χ1v) is 7.46. The average Bonchev–Trinajstić information content (AvgIpc) is 2.54. The van der Waals surface area contributed by atoms with Gasteiger partial charge in [0.05, 0.1) is 11.1 Å². The molecule has 0 aliphatic carbocycles. The number of hydrogen-bond acceptors (Lipinski definition) is 4. The summed E-state index contributed by atoms with van der Waals surface area (Å²) in [6, 6.07) is 9.19. The lowest BCUT2D eigenvalue weighted by Gasteiger charge is -2.07. The number of nitrogens with one attached hydrogen (secondary N) is 1. The van der Waals surface area contributed by atoms with E-state index in [2.05, 4.69) is 22.1 Å². The van der Waals surface area contributed by atoms with Crippen molar-refractivity contribution in [2.24, 2.45) is 0 Å². The molecular weight excluding hydrogens is 284 g/mol. The molecule has 0 aliphatic rings. The van der Waals surface area contributed by atoms with Crippen LogP contribution in [0.15, 0.2) is 47.6 Å². The van der Waals surface area contributed by atoms with E-state index in [9.17, 15) is 4.79 Å². The molecule has 0 unspecified atom stereocenters. The van der Waals surface area contributed by atoms with Crippen LogP contribution in [0.25, 0.3) is 0 Å². The summed E-state index contributed by atoms with van der Waals surface area (Å²) in [5.41, 5.74) is 1.64. The van der Waals surface area contributed by atoms with Gasteiger partial charge in [0.15, 0.2) is 0 Å². The highest BCUT2D eigenvalue weighted by Gasteiger charge is 2.10. The maximum atomic E-state index is 12.3. The lowest BCUT2D eigenvalue weighted by atomic mass is 10.1. The van der Waals surface area contributed by atoms with E-state index in [0.717, 1.165) is 10.6 Å². The van der Waals surface area contributed by atoms with E-state index in [1.165, 1.54) is 12.4 Å². The van der Waals surface area contributed by atoms with Gasteiger partial charge < -0.3 is 10.4 Å². The van der Waals surface area contributed by atoms with Crippen LogP contribution in [0.2, 0.25) is 0 Å². The molecule has 0 spiro atoms. The summed E-state index contributed by atoms with van der Waals surface area (Å²) in [6.45, 7) is -0.258. The topological polar surface area (TPSA) is 62.2 Å². The third-order valence-electron chi connectivity index (χ3n) is 2.72. The molecular formula is C16H14N2O2S.